The summed E-state index contributed by atoms with van der Waals surface area (Å²) in [5.74, 6) is -5.85. The van der Waals surface area contributed by atoms with Crippen molar-refractivity contribution in [2.75, 3.05) is 14.2 Å². The summed E-state index contributed by atoms with van der Waals surface area (Å²) in [5, 5.41) is 21.5. The Hall–Kier alpha value is -2.81. The number of nitrogens with zero attached hydrogens (tertiary/aromatic N) is 1. The first-order valence-corrected chi connectivity index (χ1v) is 7.79. The maximum atomic E-state index is 12.5. The number of nitro groups is 1. The lowest BCUT2D eigenvalue weighted by Gasteiger charge is -2.43. The van der Waals surface area contributed by atoms with E-state index in [0.29, 0.717) is 5.56 Å². The van der Waals surface area contributed by atoms with Crippen LogP contribution in [0.25, 0.3) is 0 Å². The van der Waals surface area contributed by atoms with Crippen molar-refractivity contribution in [2.45, 2.75) is 24.9 Å². The van der Waals surface area contributed by atoms with Gasteiger partial charge in [-0.05, 0) is 12.5 Å². The molecule has 26 heavy (non-hydrogen) atoms. The van der Waals surface area contributed by atoms with Crippen molar-refractivity contribution in [1.82, 2.24) is 0 Å². The van der Waals surface area contributed by atoms with Crippen LogP contribution in [0.3, 0.4) is 0 Å². The zero-order valence-electron chi connectivity index (χ0n) is 14.5. The fourth-order valence-electron chi connectivity index (χ4n) is 3.49. The number of esters is 2. The SMILES string of the molecule is COC(=O)[C@H]1C(=O)C[C@](C)(O)[C@H](C(=O)OC)[C@H]1c1ccc([N+](=O)[O-])cc1. The Kier molecular flexibility index (Phi) is 5.41. The first kappa shape index (κ1) is 19.5. The van der Waals surface area contributed by atoms with Crippen molar-refractivity contribution >= 4 is 23.4 Å². The number of methoxy groups -OCH3 is 2. The molecule has 2 rings (SSSR count). The number of hydrogen-bond donors (Lipinski definition) is 1. The number of ether oxygens (including phenoxy) is 2. The predicted molar refractivity (Wildman–Crippen MR) is 87.1 cm³/mol. The predicted octanol–water partition coefficient (Wildman–Crippen LogP) is 0.981. The molecule has 0 heterocycles. The van der Waals surface area contributed by atoms with Gasteiger partial charge >= 0.3 is 11.9 Å². The van der Waals surface area contributed by atoms with E-state index in [1.807, 2.05) is 0 Å². The second-order valence-corrected chi connectivity index (χ2v) is 6.38. The molecular formula is C17H19NO8. The van der Waals surface area contributed by atoms with Crippen molar-refractivity contribution in [3.63, 3.8) is 0 Å². The number of Topliss-reactive ketones (excluding diaryl/α,β-unsaturated/α-hetero) is 1. The smallest absolute Gasteiger partial charge is 0.316 e. The highest BCUT2D eigenvalue weighted by Gasteiger charge is 2.56. The number of non-ortho nitro benzene ring substituents is 1. The minimum atomic E-state index is -1.75. The Balaban J connectivity index is 2.62. The average Bonchev–Trinajstić information content (AvgIpc) is 2.59. The molecule has 1 N–H and O–H groups in total. The summed E-state index contributed by atoms with van der Waals surface area (Å²) in [6.45, 7) is 1.32. The van der Waals surface area contributed by atoms with Crippen LogP contribution >= 0.6 is 0 Å². The van der Waals surface area contributed by atoms with E-state index in [2.05, 4.69) is 0 Å². The first-order valence-electron chi connectivity index (χ1n) is 7.79. The van der Waals surface area contributed by atoms with Gasteiger partial charge in [-0.2, -0.15) is 0 Å². The summed E-state index contributed by atoms with van der Waals surface area (Å²) >= 11 is 0. The molecule has 1 aliphatic carbocycles. The highest BCUT2D eigenvalue weighted by molar-refractivity contribution is 6.02. The Labute approximate surface area is 149 Å². The zero-order valence-corrected chi connectivity index (χ0v) is 14.5. The standard InChI is InChI=1S/C17H19NO8/c1-17(22)8-11(19)13(15(20)25-2)12(14(17)16(21)26-3)9-4-6-10(7-5-9)18(23)24/h4-7,12-14,22H,8H2,1-3H3/t12-,13-,14-,17-/m0/s1. The van der Waals surface area contributed by atoms with Crippen molar-refractivity contribution < 1.29 is 33.9 Å². The Morgan fingerprint density at radius 3 is 2.19 bits per heavy atom. The second-order valence-electron chi connectivity index (χ2n) is 6.38. The maximum Gasteiger partial charge on any atom is 0.316 e. The topological polar surface area (TPSA) is 133 Å². The molecule has 4 atom stereocenters. The van der Waals surface area contributed by atoms with Crippen LogP contribution in [-0.2, 0) is 23.9 Å². The molecule has 0 amide bonds. The molecule has 1 aromatic rings. The fourth-order valence-corrected chi connectivity index (χ4v) is 3.49. The normalized spacial score (nSPS) is 28.3. The third kappa shape index (κ3) is 3.43. The minimum absolute atomic E-state index is 0.188. The largest absolute Gasteiger partial charge is 0.469 e. The van der Waals surface area contributed by atoms with Crippen LogP contribution in [0.2, 0.25) is 0 Å². The van der Waals surface area contributed by atoms with Crippen molar-refractivity contribution in [3.05, 3.63) is 39.9 Å². The highest BCUT2D eigenvalue weighted by Crippen LogP contribution is 2.46. The average molecular weight is 365 g/mol. The third-order valence-electron chi connectivity index (χ3n) is 4.67. The maximum absolute atomic E-state index is 12.5. The summed E-state index contributed by atoms with van der Waals surface area (Å²) in [4.78, 5) is 47.3. The van der Waals surface area contributed by atoms with Crippen LogP contribution in [0.15, 0.2) is 24.3 Å². The van der Waals surface area contributed by atoms with E-state index in [1.54, 1.807) is 0 Å². The minimum Gasteiger partial charge on any atom is -0.469 e. The molecule has 0 spiro atoms. The van der Waals surface area contributed by atoms with Crippen LogP contribution in [-0.4, -0.2) is 47.6 Å². The van der Waals surface area contributed by atoms with E-state index in [1.165, 1.54) is 31.2 Å². The molecular weight excluding hydrogens is 346 g/mol. The van der Waals surface area contributed by atoms with E-state index >= 15 is 0 Å². The van der Waals surface area contributed by atoms with Crippen LogP contribution in [0.1, 0.15) is 24.8 Å². The zero-order chi connectivity index (χ0) is 19.6. The molecule has 0 radical (unpaired) electrons. The van der Waals surface area contributed by atoms with E-state index in [-0.39, 0.29) is 5.69 Å². The van der Waals surface area contributed by atoms with Crippen LogP contribution in [0.5, 0.6) is 0 Å². The van der Waals surface area contributed by atoms with E-state index < -0.39 is 52.4 Å². The van der Waals surface area contributed by atoms with Gasteiger partial charge in [0.25, 0.3) is 5.69 Å². The lowest BCUT2D eigenvalue weighted by molar-refractivity contribution is -0.384. The lowest BCUT2D eigenvalue weighted by Crippen LogP contribution is -2.55. The Morgan fingerprint density at radius 2 is 1.73 bits per heavy atom. The molecule has 1 saturated carbocycles. The van der Waals surface area contributed by atoms with Gasteiger partial charge in [0.2, 0.25) is 0 Å². The summed E-state index contributed by atoms with van der Waals surface area (Å²) in [7, 11) is 2.25. The molecule has 9 heteroatoms. The van der Waals surface area contributed by atoms with Gasteiger partial charge in [0.1, 0.15) is 5.92 Å². The molecule has 140 valence electrons. The van der Waals surface area contributed by atoms with Gasteiger partial charge < -0.3 is 14.6 Å². The number of rotatable bonds is 4. The number of ketones is 1. The fraction of sp³-hybridized carbons (Fsp3) is 0.471. The highest BCUT2D eigenvalue weighted by atomic mass is 16.6. The van der Waals surface area contributed by atoms with Crippen LogP contribution < -0.4 is 0 Å². The van der Waals surface area contributed by atoms with Gasteiger partial charge in [0.15, 0.2) is 5.78 Å². The van der Waals surface area contributed by atoms with E-state index in [4.69, 9.17) is 9.47 Å². The molecule has 1 aromatic carbocycles. The molecule has 1 fully saturated rings. The van der Waals surface area contributed by atoms with Crippen LogP contribution in [0.4, 0.5) is 5.69 Å². The monoisotopic (exact) mass is 365 g/mol. The molecule has 0 aromatic heterocycles. The number of aliphatic hydroxyl groups is 1. The van der Waals surface area contributed by atoms with Gasteiger partial charge in [-0.25, -0.2) is 0 Å². The molecule has 1 aliphatic rings. The van der Waals surface area contributed by atoms with Gasteiger partial charge in [0.05, 0.1) is 30.7 Å². The molecule has 0 bridgehead atoms. The molecule has 0 unspecified atom stereocenters. The van der Waals surface area contributed by atoms with Gasteiger partial charge in [-0.1, -0.05) is 12.1 Å². The number of carbonyl (C=O) groups is 3. The van der Waals surface area contributed by atoms with Crippen LogP contribution in [0, 0.1) is 22.0 Å². The lowest BCUT2D eigenvalue weighted by atomic mass is 9.62. The summed E-state index contributed by atoms with van der Waals surface area (Å²) in [6, 6.07) is 5.10. The van der Waals surface area contributed by atoms with Crippen molar-refractivity contribution in [2.24, 2.45) is 11.8 Å². The summed E-state index contributed by atoms with van der Waals surface area (Å²) in [6.07, 6.45) is -0.421. The number of nitro benzene ring substituents is 1. The molecule has 0 aliphatic heterocycles. The van der Waals surface area contributed by atoms with Gasteiger partial charge in [-0.3, -0.25) is 24.5 Å². The molecule has 0 saturated heterocycles. The number of carbonyl (C=O) groups excluding carboxylic acids is 3. The van der Waals surface area contributed by atoms with Gasteiger partial charge in [-0.15, -0.1) is 0 Å². The second kappa shape index (κ2) is 7.20. The Morgan fingerprint density at radius 1 is 1.19 bits per heavy atom. The van der Waals surface area contributed by atoms with E-state index in [0.717, 1.165) is 14.2 Å². The molecule has 9 nitrogen and oxygen atoms in total. The number of hydrogen-bond acceptors (Lipinski definition) is 8. The van der Waals surface area contributed by atoms with Crippen molar-refractivity contribution in [3.8, 4) is 0 Å². The van der Waals surface area contributed by atoms with Gasteiger partial charge in [0, 0.05) is 24.5 Å². The number of benzene rings is 1. The Bertz CT molecular complexity index is 740. The van der Waals surface area contributed by atoms with E-state index in [9.17, 15) is 29.6 Å². The summed E-state index contributed by atoms with van der Waals surface area (Å²) in [5.41, 5.74) is -1.62. The first-order chi connectivity index (χ1) is 12.1. The summed E-state index contributed by atoms with van der Waals surface area (Å²) < 4.78 is 9.47. The van der Waals surface area contributed by atoms with Crippen molar-refractivity contribution in [1.29, 1.82) is 0 Å². The third-order valence-corrected chi connectivity index (χ3v) is 4.67. The quantitative estimate of drug-likeness (QED) is 0.361.